The van der Waals surface area contributed by atoms with Crippen molar-refractivity contribution in [1.29, 1.82) is 0 Å². The Bertz CT molecular complexity index is 543. The molecule has 3 nitrogen and oxygen atoms in total. The van der Waals surface area contributed by atoms with E-state index in [1.807, 2.05) is 19.1 Å². The SMILES string of the molecule is CC(NCC(O)c1cc(Cl)cc(Cl)c1)c1ccncc1. The van der Waals surface area contributed by atoms with Gasteiger partial charge in [0.2, 0.25) is 0 Å². The van der Waals surface area contributed by atoms with Crippen molar-refractivity contribution in [2.24, 2.45) is 0 Å². The fourth-order valence-electron chi connectivity index (χ4n) is 1.94. The van der Waals surface area contributed by atoms with E-state index < -0.39 is 6.10 Å². The van der Waals surface area contributed by atoms with Crippen molar-refractivity contribution < 1.29 is 5.11 Å². The maximum atomic E-state index is 10.2. The van der Waals surface area contributed by atoms with Crippen LogP contribution in [0.4, 0.5) is 0 Å². The minimum absolute atomic E-state index is 0.127. The highest BCUT2D eigenvalue weighted by Crippen LogP contribution is 2.23. The number of pyridine rings is 1. The molecule has 0 aliphatic rings. The molecule has 2 unspecified atom stereocenters. The number of hydrogen-bond donors (Lipinski definition) is 2. The van der Waals surface area contributed by atoms with E-state index in [0.717, 1.165) is 5.56 Å². The van der Waals surface area contributed by atoms with Gasteiger partial charge in [-0.05, 0) is 48.4 Å². The molecule has 0 saturated carbocycles. The van der Waals surface area contributed by atoms with Gasteiger partial charge in [-0.3, -0.25) is 4.98 Å². The van der Waals surface area contributed by atoms with Crippen LogP contribution in [0.1, 0.15) is 30.2 Å². The summed E-state index contributed by atoms with van der Waals surface area (Å²) in [6, 6.07) is 9.10. The van der Waals surface area contributed by atoms with Crippen LogP contribution in [0.25, 0.3) is 0 Å². The largest absolute Gasteiger partial charge is 0.387 e. The van der Waals surface area contributed by atoms with Crippen LogP contribution in [-0.2, 0) is 0 Å². The smallest absolute Gasteiger partial charge is 0.0915 e. The Labute approximate surface area is 128 Å². The Morgan fingerprint density at radius 2 is 1.70 bits per heavy atom. The van der Waals surface area contributed by atoms with Gasteiger partial charge in [0.1, 0.15) is 0 Å². The molecule has 2 atom stereocenters. The number of aliphatic hydroxyl groups excluding tert-OH is 1. The first-order chi connectivity index (χ1) is 9.56. The lowest BCUT2D eigenvalue weighted by Crippen LogP contribution is -2.24. The van der Waals surface area contributed by atoms with E-state index in [9.17, 15) is 5.11 Å². The van der Waals surface area contributed by atoms with Crippen LogP contribution in [0.15, 0.2) is 42.7 Å². The summed E-state index contributed by atoms with van der Waals surface area (Å²) in [7, 11) is 0. The topological polar surface area (TPSA) is 45.1 Å². The predicted molar refractivity (Wildman–Crippen MR) is 82.1 cm³/mol. The predicted octanol–water partition coefficient (Wildman–Crippen LogP) is 3.77. The first kappa shape index (κ1) is 15.3. The number of rotatable bonds is 5. The fourth-order valence-corrected chi connectivity index (χ4v) is 2.49. The highest BCUT2D eigenvalue weighted by molar-refractivity contribution is 6.34. The zero-order valence-electron chi connectivity index (χ0n) is 11.1. The van der Waals surface area contributed by atoms with E-state index in [1.165, 1.54) is 0 Å². The Morgan fingerprint density at radius 1 is 1.10 bits per heavy atom. The van der Waals surface area contributed by atoms with Crippen LogP contribution >= 0.6 is 23.2 Å². The minimum Gasteiger partial charge on any atom is -0.387 e. The van der Waals surface area contributed by atoms with Gasteiger partial charge >= 0.3 is 0 Å². The number of nitrogens with zero attached hydrogens (tertiary/aromatic N) is 1. The van der Waals surface area contributed by atoms with Gasteiger partial charge in [0, 0.05) is 35.0 Å². The summed E-state index contributed by atoms with van der Waals surface area (Å²) in [6.45, 7) is 2.45. The lowest BCUT2D eigenvalue weighted by Gasteiger charge is -2.18. The average Bonchev–Trinajstić information content (AvgIpc) is 2.44. The maximum absolute atomic E-state index is 10.2. The molecule has 1 aromatic carbocycles. The number of benzene rings is 1. The van der Waals surface area contributed by atoms with Gasteiger partial charge in [0.25, 0.3) is 0 Å². The van der Waals surface area contributed by atoms with Gasteiger partial charge in [-0.1, -0.05) is 23.2 Å². The van der Waals surface area contributed by atoms with Gasteiger partial charge in [0.05, 0.1) is 6.10 Å². The molecule has 0 radical (unpaired) electrons. The molecule has 2 rings (SSSR count). The van der Waals surface area contributed by atoms with Gasteiger partial charge < -0.3 is 10.4 Å². The second kappa shape index (κ2) is 7.04. The number of hydrogen-bond acceptors (Lipinski definition) is 3. The van der Waals surface area contributed by atoms with Gasteiger partial charge in [-0.25, -0.2) is 0 Å². The summed E-state index contributed by atoms with van der Waals surface area (Å²) in [5, 5.41) is 14.5. The van der Waals surface area contributed by atoms with E-state index in [2.05, 4.69) is 10.3 Å². The molecular formula is C15H16Cl2N2O. The number of aromatic nitrogens is 1. The summed E-state index contributed by atoms with van der Waals surface area (Å²) >= 11 is 11.9. The molecule has 0 saturated heterocycles. The molecular weight excluding hydrogens is 295 g/mol. The van der Waals surface area contributed by atoms with E-state index in [1.54, 1.807) is 30.6 Å². The van der Waals surface area contributed by atoms with E-state index in [4.69, 9.17) is 23.2 Å². The average molecular weight is 311 g/mol. The monoisotopic (exact) mass is 310 g/mol. The normalized spacial score (nSPS) is 14.0. The van der Waals surface area contributed by atoms with Crippen molar-refractivity contribution in [2.75, 3.05) is 6.54 Å². The summed E-state index contributed by atoms with van der Waals surface area (Å²) in [6.07, 6.45) is 2.84. The van der Waals surface area contributed by atoms with Crippen molar-refractivity contribution in [3.8, 4) is 0 Å². The molecule has 0 aliphatic heterocycles. The Morgan fingerprint density at radius 3 is 2.30 bits per heavy atom. The standard InChI is InChI=1S/C15H16Cl2N2O/c1-10(11-2-4-18-5-3-11)19-9-15(20)12-6-13(16)8-14(17)7-12/h2-8,10,15,19-20H,9H2,1H3. The first-order valence-corrected chi connectivity index (χ1v) is 7.09. The van der Waals surface area contributed by atoms with Gasteiger partial charge in [-0.2, -0.15) is 0 Å². The highest BCUT2D eigenvalue weighted by Gasteiger charge is 2.12. The Hall–Kier alpha value is -1.13. The lowest BCUT2D eigenvalue weighted by molar-refractivity contribution is 0.171. The lowest BCUT2D eigenvalue weighted by atomic mass is 10.1. The summed E-state index contributed by atoms with van der Waals surface area (Å²) in [5.41, 5.74) is 1.83. The van der Waals surface area contributed by atoms with Crippen molar-refractivity contribution in [1.82, 2.24) is 10.3 Å². The van der Waals surface area contributed by atoms with E-state index >= 15 is 0 Å². The highest BCUT2D eigenvalue weighted by atomic mass is 35.5. The second-order valence-corrected chi connectivity index (χ2v) is 5.50. The van der Waals surface area contributed by atoms with Gasteiger partial charge in [0.15, 0.2) is 0 Å². The van der Waals surface area contributed by atoms with Crippen LogP contribution in [0.5, 0.6) is 0 Å². The van der Waals surface area contributed by atoms with Gasteiger partial charge in [-0.15, -0.1) is 0 Å². The third kappa shape index (κ3) is 4.18. The molecule has 2 N–H and O–H groups in total. The maximum Gasteiger partial charge on any atom is 0.0915 e. The van der Waals surface area contributed by atoms with Crippen LogP contribution in [0.3, 0.4) is 0 Å². The number of halogens is 2. The van der Waals surface area contributed by atoms with E-state index in [-0.39, 0.29) is 6.04 Å². The third-order valence-corrected chi connectivity index (χ3v) is 3.53. The Balaban J connectivity index is 1.96. The summed E-state index contributed by atoms with van der Waals surface area (Å²) in [4.78, 5) is 3.98. The molecule has 1 heterocycles. The number of aliphatic hydroxyl groups is 1. The molecule has 0 spiro atoms. The molecule has 0 amide bonds. The van der Waals surface area contributed by atoms with Crippen LogP contribution in [0, 0.1) is 0 Å². The molecule has 0 fully saturated rings. The molecule has 5 heteroatoms. The van der Waals surface area contributed by atoms with Crippen LogP contribution < -0.4 is 5.32 Å². The fraction of sp³-hybridized carbons (Fsp3) is 0.267. The van der Waals surface area contributed by atoms with Crippen molar-refractivity contribution in [3.63, 3.8) is 0 Å². The molecule has 0 bridgehead atoms. The molecule has 0 aliphatic carbocycles. The third-order valence-electron chi connectivity index (χ3n) is 3.09. The molecule has 20 heavy (non-hydrogen) atoms. The van der Waals surface area contributed by atoms with E-state index in [0.29, 0.717) is 22.2 Å². The molecule has 2 aromatic rings. The number of nitrogens with one attached hydrogen (secondary N) is 1. The Kier molecular flexibility index (Phi) is 5.38. The first-order valence-electron chi connectivity index (χ1n) is 6.33. The second-order valence-electron chi connectivity index (χ2n) is 4.63. The van der Waals surface area contributed by atoms with Crippen LogP contribution in [0.2, 0.25) is 10.0 Å². The van der Waals surface area contributed by atoms with Crippen molar-refractivity contribution in [3.05, 3.63) is 63.9 Å². The molecule has 106 valence electrons. The van der Waals surface area contributed by atoms with Crippen molar-refractivity contribution >= 4 is 23.2 Å². The minimum atomic E-state index is -0.657. The van der Waals surface area contributed by atoms with Crippen LogP contribution in [-0.4, -0.2) is 16.6 Å². The summed E-state index contributed by atoms with van der Waals surface area (Å²) in [5.74, 6) is 0. The zero-order chi connectivity index (χ0) is 14.5. The zero-order valence-corrected chi connectivity index (χ0v) is 12.6. The summed E-state index contributed by atoms with van der Waals surface area (Å²) < 4.78 is 0. The molecule has 1 aromatic heterocycles. The quantitative estimate of drug-likeness (QED) is 0.883. The van der Waals surface area contributed by atoms with Crippen molar-refractivity contribution in [2.45, 2.75) is 19.1 Å².